The molecule has 0 saturated heterocycles. The van der Waals surface area contributed by atoms with Crippen molar-refractivity contribution >= 4 is 5.97 Å². The summed E-state index contributed by atoms with van der Waals surface area (Å²) in [6.45, 7) is 1.03. The monoisotopic (exact) mass is 287 g/mol. The number of ether oxygens (including phenoxy) is 1. The number of nitrogens with zero attached hydrogens (tertiary/aromatic N) is 1. The van der Waals surface area contributed by atoms with Crippen molar-refractivity contribution in [2.45, 2.75) is 26.1 Å². The Balaban J connectivity index is 3.32. The van der Waals surface area contributed by atoms with E-state index in [1.54, 1.807) is 13.0 Å². The molecule has 1 N–H and O–H groups in total. The maximum atomic E-state index is 12.7. The molecule has 1 aromatic carbocycles. The van der Waals surface area contributed by atoms with Crippen LogP contribution < -0.4 is 0 Å². The van der Waals surface area contributed by atoms with Gasteiger partial charge in [-0.3, -0.25) is 4.79 Å². The number of halogens is 3. The second kappa shape index (κ2) is 6.39. The second-order valence-electron chi connectivity index (χ2n) is 3.91. The van der Waals surface area contributed by atoms with Crippen LogP contribution in [0.4, 0.5) is 13.2 Å². The third kappa shape index (κ3) is 3.71. The van der Waals surface area contributed by atoms with E-state index >= 15 is 0 Å². The summed E-state index contributed by atoms with van der Waals surface area (Å²) in [6.07, 6.45) is -5.06. The van der Waals surface area contributed by atoms with E-state index in [9.17, 15) is 23.1 Å². The Hall–Kier alpha value is -2.07. The van der Waals surface area contributed by atoms with Gasteiger partial charge in [-0.05, 0) is 30.2 Å². The lowest BCUT2D eigenvalue weighted by molar-refractivity contribution is -0.142. The molecule has 0 saturated carbocycles. The Morgan fingerprint density at radius 3 is 2.55 bits per heavy atom. The highest BCUT2D eigenvalue weighted by Gasteiger charge is 2.32. The average molecular weight is 287 g/mol. The van der Waals surface area contributed by atoms with Crippen LogP contribution in [0.15, 0.2) is 12.1 Å². The number of hydrogen-bond acceptors (Lipinski definition) is 4. The first-order chi connectivity index (χ1) is 9.33. The van der Waals surface area contributed by atoms with Gasteiger partial charge in [-0.15, -0.1) is 0 Å². The highest BCUT2D eigenvalue weighted by molar-refractivity contribution is 5.73. The van der Waals surface area contributed by atoms with Gasteiger partial charge in [0.15, 0.2) is 0 Å². The summed E-state index contributed by atoms with van der Waals surface area (Å²) in [5, 5.41) is 18.0. The molecule has 0 amide bonds. The highest BCUT2D eigenvalue weighted by atomic mass is 19.4. The lowest BCUT2D eigenvalue weighted by Crippen LogP contribution is -2.13. The topological polar surface area (TPSA) is 70.3 Å². The molecule has 20 heavy (non-hydrogen) atoms. The van der Waals surface area contributed by atoms with Gasteiger partial charge in [0.2, 0.25) is 0 Å². The quantitative estimate of drug-likeness (QED) is 0.862. The summed E-state index contributed by atoms with van der Waals surface area (Å²) in [7, 11) is 0. The molecule has 0 radical (unpaired) electrons. The maximum Gasteiger partial charge on any atom is 0.416 e. The minimum absolute atomic E-state index is 0.00792. The van der Waals surface area contributed by atoms with Crippen molar-refractivity contribution in [3.8, 4) is 6.07 Å². The molecule has 1 aromatic rings. The number of esters is 1. The number of carbonyl (C=O) groups is 1. The maximum absolute atomic E-state index is 12.7. The fraction of sp³-hybridized carbons (Fsp3) is 0.385. The number of aliphatic hydroxyl groups excluding tert-OH is 1. The minimum atomic E-state index is -4.64. The Labute approximate surface area is 113 Å². The van der Waals surface area contributed by atoms with E-state index in [4.69, 9.17) is 5.26 Å². The molecule has 0 aliphatic rings. The molecule has 0 fully saturated rings. The zero-order valence-electron chi connectivity index (χ0n) is 10.6. The summed E-state index contributed by atoms with van der Waals surface area (Å²) >= 11 is 0. The first kappa shape index (κ1) is 16.0. The fourth-order valence-corrected chi connectivity index (χ4v) is 1.71. The summed E-state index contributed by atoms with van der Waals surface area (Å²) in [5.74, 6) is -0.717. The van der Waals surface area contributed by atoms with Gasteiger partial charge in [0.1, 0.15) is 0 Å². The lowest BCUT2D eigenvalue weighted by Gasteiger charge is -2.14. The van der Waals surface area contributed by atoms with Crippen LogP contribution in [-0.2, 0) is 28.7 Å². The molecule has 4 nitrogen and oxygen atoms in total. The highest BCUT2D eigenvalue weighted by Crippen LogP contribution is 2.32. The molecule has 1 rings (SSSR count). The SMILES string of the molecule is CCOC(=O)Cc1cc(C(F)(F)F)cc(C#N)c1CO. The number of rotatable bonds is 4. The van der Waals surface area contributed by atoms with E-state index in [1.165, 1.54) is 0 Å². The summed E-state index contributed by atoms with van der Waals surface area (Å²) in [5.41, 5.74) is -1.39. The van der Waals surface area contributed by atoms with Gasteiger partial charge < -0.3 is 9.84 Å². The zero-order chi connectivity index (χ0) is 15.3. The van der Waals surface area contributed by atoms with Crippen molar-refractivity contribution in [2.24, 2.45) is 0 Å². The number of hydrogen-bond donors (Lipinski definition) is 1. The largest absolute Gasteiger partial charge is 0.466 e. The van der Waals surface area contributed by atoms with Crippen LogP contribution in [0.2, 0.25) is 0 Å². The Morgan fingerprint density at radius 1 is 1.45 bits per heavy atom. The summed E-state index contributed by atoms with van der Waals surface area (Å²) < 4.78 is 42.8. The van der Waals surface area contributed by atoms with Gasteiger partial charge in [-0.2, -0.15) is 18.4 Å². The van der Waals surface area contributed by atoms with Crippen LogP contribution >= 0.6 is 0 Å². The van der Waals surface area contributed by atoms with Crippen LogP contribution in [0.5, 0.6) is 0 Å². The molecule has 0 aromatic heterocycles. The number of aliphatic hydroxyl groups is 1. The molecule has 7 heteroatoms. The van der Waals surface area contributed by atoms with Crippen molar-refractivity contribution in [3.05, 3.63) is 34.4 Å². The molecule has 0 aliphatic heterocycles. The normalized spacial score (nSPS) is 11.0. The summed E-state index contributed by atoms with van der Waals surface area (Å²) in [6, 6.07) is 3.00. The van der Waals surface area contributed by atoms with E-state index in [1.807, 2.05) is 0 Å². The predicted octanol–water partition coefficient (Wildman–Crippen LogP) is 2.17. The van der Waals surface area contributed by atoms with E-state index in [0.29, 0.717) is 6.07 Å². The lowest BCUT2D eigenvalue weighted by atomic mass is 9.96. The van der Waals surface area contributed by atoms with Crippen LogP contribution in [0.25, 0.3) is 0 Å². The molecule has 0 aliphatic carbocycles. The van der Waals surface area contributed by atoms with Crippen molar-refractivity contribution in [1.82, 2.24) is 0 Å². The Morgan fingerprint density at radius 2 is 2.10 bits per heavy atom. The summed E-state index contributed by atoms with van der Waals surface area (Å²) in [4.78, 5) is 11.4. The molecule has 0 atom stereocenters. The van der Waals surface area contributed by atoms with Gasteiger partial charge in [0, 0.05) is 0 Å². The predicted molar refractivity (Wildman–Crippen MR) is 62.4 cm³/mol. The first-order valence-corrected chi connectivity index (χ1v) is 5.73. The molecular formula is C13H12F3NO3. The van der Waals surface area contributed by atoms with Crippen molar-refractivity contribution in [2.75, 3.05) is 6.61 Å². The molecular weight excluding hydrogens is 275 g/mol. The molecule has 108 valence electrons. The smallest absolute Gasteiger partial charge is 0.416 e. The van der Waals surface area contributed by atoms with E-state index < -0.39 is 30.7 Å². The first-order valence-electron chi connectivity index (χ1n) is 5.73. The number of carbonyl (C=O) groups excluding carboxylic acids is 1. The Kier molecular flexibility index (Phi) is 5.11. The van der Waals surface area contributed by atoms with Crippen LogP contribution in [-0.4, -0.2) is 17.7 Å². The van der Waals surface area contributed by atoms with E-state index in [0.717, 1.165) is 6.07 Å². The van der Waals surface area contributed by atoms with Crippen LogP contribution in [0.1, 0.15) is 29.2 Å². The van der Waals surface area contributed by atoms with Crippen molar-refractivity contribution in [3.63, 3.8) is 0 Å². The zero-order valence-corrected chi connectivity index (χ0v) is 10.6. The van der Waals surface area contributed by atoms with Gasteiger partial charge in [-0.25, -0.2) is 0 Å². The second-order valence-corrected chi connectivity index (χ2v) is 3.91. The van der Waals surface area contributed by atoms with Gasteiger partial charge >= 0.3 is 12.1 Å². The standard InChI is InChI=1S/C13H12F3NO3/c1-2-20-12(19)5-8-3-10(13(14,15)16)4-9(6-17)11(8)7-18/h3-4,18H,2,5,7H2,1H3. The number of nitriles is 1. The van der Waals surface area contributed by atoms with E-state index in [2.05, 4.69) is 4.74 Å². The van der Waals surface area contributed by atoms with Gasteiger partial charge in [-0.1, -0.05) is 0 Å². The Bertz CT molecular complexity index is 547. The molecule has 0 bridgehead atoms. The third-order valence-corrected chi connectivity index (χ3v) is 2.59. The average Bonchev–Trinajstić information content (AvgIpc) is 2.36. The minimum Gasteiger partial charge on any atom is -0.466 e. The number of alkyl halides is 3. The van der Waals surface area contributed by atoms with E-state index in [-0.39, 0.29) is 23.3 Å². The molecule has 0 spiro atoms. The third-order valence-electron chi connectivity index (χ3n) is 2.59. The van der Waals surface area contributed by atoms with Gasteiger partial charge in [0.05, 0.1) is 36.8 Å². The van der Waals surface area contributed by atoms with Crippen molar-refractivity contribution in [1.29, 1.82) is 5.26 Å². The van der Waals surface area contributed by atoms with Crippen LogP contribution in [0.3, 0.4) is 0 Å². The number of benzene rings is 1. The van der Waals surface area contributed by atoms with Crippen LogP contribution in [0, 0.1) is 11.3 Å². The fourth-order valence-electron chi connectivity index (χ4n) is 1.71. The molecule has 0 heterocycles. The van der Waals surface area contributed by atoms with Gasteiger partial charge in [0.25, 0.3) is 0 Å². The molecule has 0 unspecified atom stereocenters. The van der Waals surface area contributed by atoms with Crippen molar-refractivity contribution < 1.29 is 27.8 Å².